The summed E-state index contributed by atoms with van der Waals surface area (Å²) in [7, 11) is 1.69. The van der Waals surface area contributed by atoms with Crippen molar-refractivity contribution in [3.63, 3.8) is 0 Å². The lowest BCUT2D eigenvalue weighted by Gasteiger charge is -2.12. The topological polar surface area (TPSA) is 70.2 Å². The summed E-state index contributed by atoms with van der Waals surface area (Å²) in [6, 6.07) is 2.73. The zero-order valence-corrected chi connectivity index (χ0v) is 12.8. The first kappa shape index (κ1) is 20.2. The van der Waals surface area contributed by atoms with Gasteiger partial charge in [-0.2, -0.15) is 13.2 Å². The van der Waals surface area contributed by atoms with E-state index in [2.05, 4.69) is 16.0 Å². The Morgan fingerprint density at radius 1 is 1.14 bits per heavy atom. The molecule has 0 saturated heterocycles. The minimum atomic E-state index is -4.60. The Kier molecular flexibility index (Phi) is 7.89. The lowest BCUT2D eigenvalue weighted by atomic mass is 10.1. The number of alkyl halides is 3. The zero-order chi connectivity index (χ0) is 16.0. The fourth-order valence-corrected chi connectivity index (χ4v) is 1.60. The van der Waals surface area contributed by atoms with Crippen LogP contribution in [-0.4, -0.2) is 32.0 Å². The molecule has 124 valence electrons. The lowest BCUT2D eigenvalue weighted by Crippen LogP contribution is -2.30. The predicted molar refractivity (Wildman–Crippen MR) is 79.3 cm³/mol. The van der Waals surface area contributed by atoms with Crippen LogP contribution in [0.3, 0.4) is 0 Å². The van der Waals surface area contributed by atoms with Crippen molar-refractivity contribution < 1.29 is 22.8 Å². The third kappa shape index (κ3) is 6.31. The molecule has 1 aromatic rings. The maximum absolute atomic E-state index is 12.8. The molecule has 5 nitrogen and oxygen atoms in total. The Morgan fingerprint density at radius 2 is 1.77 bits per heavy atom. The van der Waals surface area contributed by atoms with Gasteiger partial charge in [0.05, 0.1) is 5.56 Å². The summed E-state index contributed by atoms with van der Waals surface area (Å²) in [6.07, 6.45) is -4.60. The molecule has 9 heteroatoms. The SMILES string of the molecule is CNCCNC(=O)c1cc(NC(C)=O)cc(C(F)(F)F)c1.Cl. The molecule has 3 N–H and O–H groups in total. The van der Waals surface area contributed by atoms with Crippen LogP contribution in [0.25, 0.3) is 0 Å². The van der Waals surface area contributed by atoms with Crippen LogP contribution in [0.2, 0.25) is 0 Å². The van der Waals surface area contributed by atoms with Gasteiger partial charge < -0.3 is 16.0 Å². The highest BCUT2D eigenvalue weighted by atomic mass is 35.5. The maximum atomic E-state index is 12.8. The van der Waals surface area contributed by atoms with Crippen molar-refractivity contribution in [2.24, 2.45) is 0 Å². The van der Waals surface area contributed by atoms with Gasteiger partial charge in [0.1, 0.15) is 0 Å². The van der Waals surface area contributed by atoms with Gasteiger partial charge in [0, 0.05) is 31.3 Å². The largest absolute Gasteiger partial charge is 0.416 e. The first-order chi connectivity index (χ1) is 9.74. The number of likely N-dealkylation sites (N-methyl/N-ethyl adjacent to an activating group) is 1. The average molecular weight is 340 g/mol. The molecule has 1 rings (SSSR count). The van der Waals surface area contributed by atoms with E-state index in [-0.39, 0.29) is 30.2 Å². The van der Waals surface area contributed by atoms with Gasteiger partial charge in [0.2, 0.25) is 5.91 Å². The zero-order valence-electron chi connectivity index (χ0n) is 12.0. The summed E-state index contributed by atoms with van der Waals surface area (Å²) in [6.45, 7) is 1.94. The quantitative estimate of drug-likeness (QED) is 0.719. The molecule has 0 bridgehead atoms. The number of benzene rings is 1. The minimum Gasteiger partial charge on any atom is -0.351 e. The van der Waals surface area contributed by atoms with E-state index in [1.165, 1.54) is 13.0 Å². The Hall–Kier alpha value is -1.80. The molecule has 0 atom stereocenters. The van der Waals surface area contributed by atoms with E-state index in [9.17, 15) is 22.8 Å². The molecule has 1 aromatic carbocycles. The van der Waals surface area contributed by atoms with Gasteiger partial charge in [0.25, 0.3) is 5.91 Å². The van der Waals surface area contributed by atoms with E-state index in [4.69, 9.17) is 0 Å². The van der Waals surface area contributed by atoms with E-state index in [0.717, 1.165) is 12.1 Å². The Morgan fingerprint density at radius 3 is 2.27 bits per heavy atom. The number of halogens is 4. The number of anilines is 1. The highest BCUT2D eigenvalue weighted by Gasteiger charge is 2.31. The van der Waals surface area contributed by atoms with Crippen molar-refractivity contribution in [1.82, 2.24) is 10.6 Å². The summed E-state index contributed by atoms with van der Waals surface area (Å²) in [5, 5.41) is 7.52. The van der Waals surface area contributed by atoms with E-state index in [0.29, 0.717) is 6.54 Å². The van der Waals surface area contributed by atoms with Gasteiger partial charge >= 0.3 is 6.18 Å². The molecule has 22 heavy (non-hydrogen) atoms. The van der Waals surface area contributed by atoms with Crippen LogP contribution < -0.4 is 16.0 Å². The monoisotopic (exact) mass is 339 g/mol. The van der Waals surface area contributed by atoms with E-state index >= 15 is 0 Å². The first-order valence-electron chi connectivity index (χ1n) is 6.16. The van der Waals surface area contributed by atoms with Crippen molar-refractivity contribution in [2.45, 2.75) is 13.1 Å². The average Bonchev–Trinajstić information content (AvgIpc) is 2.36. The number of carbonyl (C=O) groups excluding carboxylic acids is 2. The van der Waals surface area contributed by atoms with Gasteiger partial charge in [-0.1, -0.05) is 0 Å². The number of hydrogen-bond acceptors (Lipinski definition) is 3. The molecule has 0 spiro atoms. The molecular weight excluding hydrogens is 323 g/mol. The van der Waals surface area contributed by atoms with Crippen molar-refractivity contribution in [3.05, 3.63) is 29.3 Å². The normalized spacial score (nSPS) is 10.6. The Bertz CT molecular complexity index is 536. The fourth-order valence-electron chi connectivity index (χ4n) is 1.60. The van der Waals surface area contributed by atoms with Crippen LogP contribution in [0.15, 0.2) is 18.2 Å². The molecule has 0 saturated carbocycles. The van der Waals surface area contributed by atoms with Gasteiger partial charge in [-0.05, 0) is 25.2 Å². The molecule has 0 radical (unpaired) electrons. The van der Waals surface area contributed by atoms with Crippen LogP contribution in [-0.2, 0) is 11.0 Å². The second kappa shape index (κ2) is 8.60. The third-order valence-electron chi connectivity index (χ3n) is 2.50. The van der Waals surface area contributed by atoms with Crippen LogP contribution >= 0.6 is 12.4 Å². The molecule has 0 aliphatic heterocycles. The number of nitrogens with one attached hydrogen (secondary N) is 3. The Labute approximate surface area is 132 Å². The van der Waals surface area contributed by atoms with Gasteiger partial charge in [-0.25, -0.2) is 0 Å². The van der Waals surface area contributed by atoms with Crippen LogP contribution in [0.5, 0.6) is 0 Å². The molecule has 0 unspecified atom stereocenters. The molecular formula is C13H17ClF3N3O2. The van der Waals surface area contributed by atoms with Crippen molar-refractivity contribution in [2.75, 3.05) is 25.5 Å². The summed E-state index contributed by atoms with van der Waals surface area (Å²) >= 11 is 0. The number of amides is 2. The van der Waals surface area contributed by atoms with Crippen LogP contribution in [0, 0.1) is 0 Å². The maximum Gasteiger partial charge on any atom is 0.416 e. The Balaban J connectivity index is 0.00000441. The molecule has 0 aliphatic rings. The molecule has 0 heterocycles. The minimum absolute atomic E-state index is 0. The molecule has 0 aromatic heterocycles. The number of carbonyl (C=O) groups is 2. The van der Waals surface area contributed by atoms with Crippen molar-refractivity contribution in [3.8, 4) is 0 Å². The van der Waals surface area contributed by atoms with E-state index in [1.807, 2.05) is 0 Å². The molecule has 2 amide bonds. The second-order valence-corrected chi connectivity index (χ2v) is 4.34. The summed E-state index contributed by atoms with van der Waals surface area (Å²) in [4.78, 5) is 22.8. The standard InChI is InChI=1S/C13H16F3N3O2.ClH/c1-8(20)19-11-6-9(12(21)18-4-3-17-2)5-10(7-11)13(14,15)16;/h5-7,17H,3-4H2,1-2H3,(H,18,21)(H,19,20);1H. The highest BCUT2D eigenvalue weighted by molar-refractivity contribution is 5.97. The van der Waals surface area contributed by atoms with Gasteiger partial charge in [-0.15, -0.1) is 12.4 Å². The van der Waals surface area contributed by atoms with Crippen molar-refractivity contribution >= 4 is 29.9 Å². The fraction of sp³-hybridized carbons (Fsp3) is 0.385. The second-order valence-electron chi connectivity index (χ2n) is 4.34. The smallest absolute Gasteiger partial charge is 0.351 e. The molecule has 0 aliphatic carbocycles. The van der Waals surface area contributed by atoms with E-state index < -0.39 is 23.6 Å². The van der Waals surface area contributed by atoms with Crippen molar-refractivity contribution in [1.29, 1.82) is 0 Å². The molecule has 0 fully saturated rings. The lowest BCUT2D eigenvalue weighted by molar-refractivity contribution is -0.137. The summed E-state index contributed by atoms with van der Waals surface area (Å²) in [5.41, 5.74) is -1.23. The number of rotatable bonds is 5. The van der Waals surface area contributed by atoms with Crippen LogP contribution in [0.1, 0.15) is 22.8 Å². The van der Waals surface area contributed by atoms with Gasteiger partial charge in [0.15, 0.2) is 0 Å². The van der Waals surface area contributed by atoms with E-state index in [1.54, 1.807) is 7.05 Å². The van der Waals surface area contributed by atoms with Gasteiger partial charge in [-0.3, -0.25) is 9.59 Å². The highest BCUT2D eigenvalue weighted by Crippen LogP contribution is 2.32. The van der Waals surface area contributed by atoms with Crippen LogP contribution in [0.4, 0.5) is 18.9 Å². The third-order valence-corrected chi connectivity index (χ3v) is 2.50. The predicted octanol–water partition coefficient (Wildman–Crippen LogP) is 2.03. The summed E-state index contributed by atoms with van der Waals surface area (Å²) in [5.74, 6) is -1.15. The summed E-state index contributed by atoms with van der Waals surface area (Å²) < 4.78 is 38.4. The first-order valence-corrected chi connectivity index (χ1v) is 6.16. The number of hydrogen-bond donors (Lipinski definition) is 3.